The van der Waals surface area contributed by atoms with Crippen LogP contribution in [0.2, 0.25) is 5.02 Å². The minimum Gasteiger partial charge on any atom is -0.355 e. The largest absolute Gasteiger partial charge is 0.355 e. The van der Waals surface area contributed by atoms with Gasteiger partial charge in [0.25, 0.3) is 0 Å². The van der Waals surface area contributed by atoms with Gasteiger partial charge in [-0.1, -0.05) is 67.1 Å². The minimum atomic E-state index is -0.452. The first-order valence-electron chi connectivity index (χ1n) is 9.99. The lowest BCUT2D eigenvalue weighted by atomic mass is 10.1. The Labute approximate surface area is 183 Å². The van der Waals surface area contributed by atoms with Gasteiger partial charge in [-0.05, 0) is 37.0 Å². The molecule has 0 saturated heterocycles. The lowest BCUT2D eigenvalue weighted by Gasteiger charge is -2.30. The maximum atomic E-state index is 13.0. The van der Waals surface area contributed by atoms with Crippen LogP contribution in [0.4, 0.5) is 0 Å². The summed E-state index contributed by atoms with van der Waals surface area (Å²) in [6.07, 6.45) is 1.30. The minimum absolute atomic E-state index is 0.0175. The van der Waals surface area contributed by atoms with E-state index in [0.717, 1.165) is 17.5 Å². The van der Waals surface area contributed by atoms with Gasteiger partial charge in [0.2, 0.25) is 11.8 Å². The average Bonchev–Trinajstić information content (AvgIpc) is 2.73. The summed E-state index contributed by atoms with van der Waals surface area (Å²) in [6.45, 7) is 4.90. The SMILES string of the molecule is CCNC(=O)[C@H](CC)N(CCc1ccccc1)C(=O)CSCc1ccccc1Cl. The van der Waals surface area contributed by atoms with E-state index in [1.54, 1.807) is 4.90 Å². The van der Waals surface area contributed by atoms with E-state index >= 15 is 0 Å². The fraction of sp³-hybridized carbons (Fsp3) is 0.391. The van der Waals surface area contributed by atoms with Crippen LogP contribution in [0.1, 0.15) is 31.4 Å². The zero-order chi connectivity index (χ0) is 21.1. The highest BCUT2D eigenvalue weighted by molar-refractivity contribution is 7.99. The van der Waals surface area contributed by atoms with Crippen LogP contribution >= 0.6 is 23.4 Å². The molecule has 0 fully saturated rings. The number of benzene rings is 2. The summed E-state index contributed by atoms with van der Waals surface area (Å²) in [6, 6.07) is 17.2. The molecule has 0 unspecified atom stereocenters. The van der Waals surface area contributed by atoms with Gasteiger partial charge in [-0.2, -0.15) is 0 Å². The summed E-state index contributed by atoms with van der Waals surface area (Å²) in [5, 5.41) is 3.57. The van der Waals surface area contributed by atoms with Crippen molar-refractivity contribution >= 4 is 35.2 Å². The molecule has 1 N–H and O–H groups in total. The van der Waals surface area contributed by atoms with E-state index in [2.05, 4.69) is 5.32 Å². The first-order chi connectivity index (χ1) is 14.1. The predicted octanol–water partition coefficient (Wildman–Crippen LogP) is 4.56. The molecule has 1 atom stereocenters. The van der Waals surface area contributed by atoms with Crippen molar-refractivity contribution in [1.82, 2.24) is 10.2 Å². The molecule has 6 heteroatoms. The van der Waals surface area contributed by atoms with Crippen LogP contribution in [0, 0.1) is 0 Å². The number of halogens is 1. The number of nitrogens with zero attached hydrogens (tertiary/aromatic N) is 1. The molecule has 0 spiro atoms. The van der Waals surface area contributed by atoms with Gasteiger partial charge in [0.1, 0.15) is 6.04 Å². The highest BCUT2D eigenvalue weighted by Gasteiger charge is 2.27. The smallest absolute Gasteiger partial charge is 0.242 e. The normalized spacial score (nSPS) is 11.7. The van der Waals surface area contributed by atoms with Gasteiger partial charge in [0, 0.05) is 23.9 Å². The molecule has 0 saturated carbocycles. The molecule has 0 aliphatic rings. The summed E-state index contributed by atoms with van der Waals surface area (Å²) >= 11 is 7.73. The molecule has 2 amide bonds. The summed E-state index contributed by atoms with van der Waals surface area (Å²) in [5.74, 6) is 0.870. The second kappa shape index (κ2) is 12.6. The van der Waals surface area contributed by atoms with Gasteiger partial charge in [-0.25, -0.2) is 0 Å². The quantitative estimate of drug-likeness (QED) is 0.566. The molecule has 2 aromatic carbocycles. The van der Waals surface area contributed by atoms with Crippen molar-refractivity contribution in [1.29, 1.82) is 0 Å². The first kappa shape index (κ1) is 23.3. The molecule has 156 valence electrons. The predicted molar refractivity (Wildman–Crippen MR) is 122 cm³/mol. The van der Waals surface area contributed by atoms with Crippen LogP contribution in [0.15, 0.2) is 54.6 Å². The van der Waals surface area contributed by atoms with E-state index in [0.29, 0.717) is 36.0 Å². The van der Waals surface area contributed by atoms with Gasteiger partial charge >= 0.3 is 0 Å². The maximum absolute atomic E-state index is 13.0. The van der Waals surface area contributed by atoms with Crippen molar-refractivity contribution in [3.05, 3.63) is 70.7 Å². The Morgan fingerprint density at radius 3 is 2.41 bits per heavy atom. The lowest BCUT2D eigenvalue weighted by molar-refractivity contribution is -0.138. The standard InChI is InChI=1S/C23H29ClN2O2S/c1-3-21(23(28)25-4-2)26(15-14-18-10-6-5-7-11-18)22(27)17-29-16-19-12-8-9-13-20(19)24/h5-13,21H,3-4,14-17H2,1-2H3,(H,25,28)/t21-/m0/s1. The third kappa shape index (κ3) is 7.41. The van der Waals surface area contributed by atoms with Crippen LogP contribution in [-0.4, -0.2) is 41.6 Å². The number of thioether (sulfide) groups is 1. The highest BCUT2D eigenvalue weighted by atomic mass is 35.5. The van der Waals surface area contributed by atoms with Crippen molar-refractivity contribution in [2.24, 2.45) is 0 Å². The number of nitrogens with one attached hydrogen (secondary N) is 1. The van der Waals surface area contributed by atoms with Crippen molar-refractivity contribution in [3.63, 3.8) is 0 Å². The molecule has 2 rings (SSSR count). The van der Waals surface area contributed by atoms with E-state index in [4.69, 9.17) is 11.6 Å². The molecule has 29 heavy (non-hydrogen) atoms. The topological polar surface area (TPSA) is 49.4 Å². The van der Waals surface area contributed by atoms with Gasteiger partial charge in [0.15, 0.2) is 0 Å². The van der Waals surface area contributed by atoms with E-state index in [1.807, 2.05) is 68.4 Å². The Morgan fingerprint density at radius 2 is 1.76 bits per heavy atom. The monoisotopic (exact) mass is 432 g/mol. The molecule has 4 nitrogen and oxygen atoms in total. The van der Waals surface area contributed by atoms with Crippen LogP contribution < -0.4 is 5.32 Å². The Balaban J connectivity index is 2.04. The van der Waals surface area contributed by atoms with Crippen molar-refractivity contribution in [3.8, 4) is 0 Å². The Hall–Kier alpha value is -1.98. The van der Waals surface area contributed by atoms with Crippen LogP contribution in [0.25, 0.3) is 0 Å². The lowest BCUT2D eigenvalue weighted by Crippen LogP contribution is -2.50. The number of rotatable bonds is 11. The van der Waals surface area contributed by atoms with E-state index in [-0.39, 0.29) is 11.8 Å². The van der Waals surface area contributed by atoms with Gasteiger partial charge in [-0.3, -0.25) is 9.59 Å². The third-order valence-electron chi connectivity index (χ3n) is 4.66. The van der Waals surface area contributed by atoms with E-state index < -0.39 is 6.04 Å². The summed E-state index contributed by atoms with van der Waals surface area (Å²) in [7, 11) is 0. The molecule has 0 bridgehead atoms. The average molecular weight is 433 g/mol. The first-order valence-corrected chi connectivity index (χ1v) is 11.5. The van der Waals surface area contributed by atoms with Crippen molar-refractivity contribution in [2.75, 3.05) is 18.8 Å². The summed E-state index contributed by atoms with van der Waals surface area (Å²) in [5.41, 5.74) is 2.17. The molecule has 2 aromatic rings. The van der Waals surface area contributed by atoms with Crippen molar-refractivity contribution < 1.29 is 9.59 Å². The zero-order valence-electron chi connectivity index (χ0n) is 17.1. The van der Waals surface area contributed by atoms with E-state index in [1.165, 1.54) is 11.8 Å². The molecular weight excluding hydrogens is 404 g/mol. The highest BCUT2D eigenvalue weighted by Crippen LogP contribution is 2.21. The molecule has 0 aromatic heterocycles. The Kier molecular flexibility index (Phi) is 10.1. The number of amides is 2. The number of likely N-dealkylation sites (N-methyl/N-ethyl adjacent to an activating group) is 1. The molecule has 0 aliphatic heterocycles. The number of carbonyl (C=O) groups is 2. The number of carbonyl (C=O) groups excluding carboxylic acids is 2. The fourth-order valence-electron chi connectivity index (χ4n) is 3.13. The fourth-order valence-corrected chi connectivity index (χ4v) is 4.33. The number of hydrogen-bond donors (Lipinski definition) is 1. The summed E-state index contributed by atoms with van der Waals surface area (Å²) < 4.78 is 0. The molecule has 0 heterocycles. The van der Waals surface area contributed by atoms with Gasteiger partial charge in [-0.15, -0.1) is 11.8 Å². The summed E-state index contributed by atoms with van der Waals surface area (Å²) in [4.78, 5) is 27.3. The Bertz CT molecular complexity index is 785. The van der Waals surface area contributed by atoms with Crippen LogP contribution in [-0.2, 0) is 21.8 Å². The third-order valence-corrected chi connectivity index (χ3v) is 6.00. The van der Waals surface area contributed by atoms with Crippen LogP contribution in [0.5, 0.6) is 0 Å². The zero-order valence-corrected chi connectivity index (χ0v) is 18.6. The Morgan fingerprint density at radius 1 is 1.07 bits per heavy atom. The van der Waals surface area contributed by atoms with Crippen LogP contribution in [0.3, 0.4) is 0 Å². The molecule has 0 radical (unpaired) electrons. The van der Waals surface area contributed by atoms with Gasteiger partial charge < -0.3 is 10.2 Å². The van der Waals surface area contributed by atoms with E-state index in [9.17, 15) is 9.59 Å². The second-order valence-electron chi connectivity index (χ2n) is 6.73. The number of hydrogen-bond acceptors (Lipinski definition) is 3. The van der Waals surface area contributed by atoms with Gasteiger partial charge in [0.05, 0.1) is 5.75 Å². The molecular formula is C23H29ClN2O2S. The molecule has 0 aliphatic carbocycles. The van der Waals surface area contributed by atoms with Crippen molar-refractivity contribution in [2.45, 2.75) is 38.5 Å². The second-order valence-corrected chi connectivity index (χ2v) is 8.12. The maximum Gasteiger partial charge on any atom is 0.242 e.